The molecule has 0 aliphatic carbocycles. The summed E-state index contributed by atoms with van der Waals surface area (Å²) in [6.45, 7) is 66.5. The topological polar surface area (TPSA) is 697 Å². The van der Waals surface area contributed by atoms with Crippen molar-refractivity contribution < 1.29 is 52.7 Å². The van der Waals surface area contributed by atoms with Gasteiger partial charge in [0.2, 0.25) is 59.1 Å². The largest absolute Gasteiger partial charge is 0.379 e. The van der Waals surface area contributed by atoms with Crippen LogP contribution in [0.3, 0.4) is 0 Å². The molecular weight excluding hydrogens is 1840 g/mol. The Morgan fingerprint density at radius 2 is 0.490 bits per heavy atom. The number of amides is 10. The van der Waals surface area contributed by atoms with Gasteiger partial charge in [0, 0.05) is 448 Å². The van der Waals surface area contributed by atoms with Gasteiger partial charge in [0.1, 0.15) is 0 Å². The molecule has 2 aliphatic rings. The molecule has 0 unspecified atom stereocenters. The molecule has 0 aromatic carbocycles. The molecule has 2 aromatic rings. The second kappa shape index (κ2) is 126. The summed E-state index contributed by atoms with van der Waals surface area (Å²) in [5.74, 6) is 1.04. The molecule has 10 amide bonds. The lowest BCUT2D eigenvalue weighted by Crippen LogP contribution is -2.46. The van der Waals surface area contributed by atoms with Crippen LogP contribution in [0.4, 0.5) is 0 Å². The molecule has 2 aromatic heterocycles. The van der Waals surface area contributed by atoms with E-state index < -0.39 is 0 Å². The fourth-order valence-corrected chi connectivity index (χ4v) is 11.0. The SMILES string of the molecule is CCC(=O)NCCN.CCC(=O)NCCN1CCNCC1.CCC(=O)NCCN1CCOCC1.CCC(=O)NCCNCCN.CCC(=O)NCCNCCNCCN.CCC(=O)NCCNCCNCCNCCN.CCC(=O)NCCNCCNCCNCCNCCN.CCC(=O)NCCNCCNCCNCCNCCNCCN.CCC(=O)NCCc1cnc[nH]1.CCC(=O)NCc1ccncc1. The van der Waals surface area contributed by atoms with Gasteiger partial charge < -0.3 is 182 Å². The zero-order valence-corrected chi connectivity index (χ0v) is 90.1. The predicted octanol–water partition coefficient (Wildman–Crippen LogP) is -8.48. The lowest BCUT2D eigenvalue weighted by molar-refractivity contribution is -0.121. The van der Waals surface area contributed by atoms with E-state index >= 15 is 0 Å². The molecule has 2 aliphatic heterocycles. The van der Waals surface area contributed by atoms with Crippen LogP contribution in [0.2, 0.25) is 0 Å². The molecule has 0 atom stereocenters. The molecule has 0 radical (unpaired) electrons. The molecular formula is C95H209N37O11. The van der Waals surface area contributed by atoms with E-state index in [2.05, 4.69) is 163 Å². The number of rotatable bonds is 78. The van der Waals surface area contributed by atoms with E-state index in [1.807, 2.05) is 81.4 Å². The van der Waals surface area contributed by atoms with Crippen LogP contribution in [-0.4, -0.2) is 444 Å². The summed E-state index contributed by atoms with van der Waals surface area (Å²) in [6.07, 6.45) is 13.2. The van der Waals surface area contributed by atoms with Crippen molar-refractivity contribution in [1.82, 2.24) is 163 Å². The van der Waals surface area contributed by atoms with Crippen molar-refractivity contribution in [2.45, 2.75) is 146 Å². The highest BCUT2D eigenvalue weighted by Crippen LogP contribution is 1.97. The first kappa shape index (κ1) is 146. The van der Waals surface area contributed by atoms with Gasteiger partial charge in [-0.1, -0.05) is 69.2 Å². The van der Waals surface area contributed by atoms with E-state index in [-0.39, 0.29) is 59.1 Å². The quantitative estimate of drug-likeness (QED) is 0.0274. The second-order valence-corrected chi connectivity index (χ2v) is 31.7. The molecule has 48 heteroatoms. The van der Waals surface area contributed by atoms with Gasteiger partial charge in [0.05, 0.1) is 19.5 Å². The smallest absolute Gasteiger partial charge is 0.219 e. The number of carbonyl (C=O) groups is 10. The summed E-state index contributed by atoms with van der Waals surface area (Å²) in [5, 5.41) is 80.3. The third kappa shape index (κ3) is 128. The van der Waals surface area contributed by atoms with Gasteiger partial charge in [-0.05, 0) is 17.7 Å². The number of nitrogens with two attached hydrogens (primary N) is 6. The van der Waals surface area contributed by atoms with Crippen molar-refractivity contribution in [3.05, 3.63) is 48.3 Å². The van der Waals surface area contributed by atoms with Gasteiger partial charge in [-0.2, -0.15) is 0 Å². The van der Waals surface area contributed by atoms with E-state index in [1.54, 1.807) is 24.9 Å². The number of piperazine rings is 1. The number of carbonyl (C=O) groups excluding carboxylic acids is 10. The van der Waals surface area contributed by atoms with Crippen molar-refractivity contribution in [2.24, 2.45) is 34.4 Å². The van der Waals surface area contributed by atoms with E-state index in [4.69, 9.17) is 39.1 Å². The number of H-pyrrole nitrogens is 1. The van der Waals surface area contributed by atoms with Crippen molar-refractivity contribution in [3.8, 4) is 0 Å². The first-order valence-electron chi connectivity index (χ1n) is 52.7. The number of nitrogens with zero attached hydrogens (tertiary/aromatic N) is 4. The molecule has 4 heterocycles. The minimum atomic E-state index is 0.0652. The van der Waals surface area contributed by atoms with Crippen LogP contribution in [-0.2, 0) is 65.6 Å². The summed E-state index contributed by atoms with van der Waals surface area (Å²) < 4.78 is 5.22. The highest BCUT2D eigenvalue weighted by molar-refractivity contribution is 5.78. The van der Waals surface area contributed by atoms with Gasteiger partial charge >= 0.3 is 0 Å². The fraction of sp³-hybridized carbons (Fsp3) is 0.811. The average Bonchev–Trinajstić information content (AvgIpc) is 1.81. The maximum Gasteiger partial charge on any atom is 0.219 e. The van der Waals surface area contributed by atoms with Crippen LogP contribution in [0.15, 0.2) is 37.1 Å². The number of morpholine rings is 1. The average molecular weight is 2050 g/mol. The summed E-state index contributed by atoms with van der Waals surface area (Å²) in [7, 11) is 0. The van der Waals surface area contributed by atoms with Gasteiger partial charge in [-0.15, -0.1) is 0 Å². The fourth-order valence-electron chi connectivity index (χ4n) is 11.0. The zero-order chi connectivity index (χ0) is 107. The minimum absolute atomic E-state index is 0.0652. The van der Waals surface area contributed by atoms with Gasteiger partial charge in [-0.25, -0.2) is 4.98 Å². The summed E-state index contributed by atoms with van der Waals surface area (Å²) in [5.41, 5.74) is 33.9. The van der Waals surface area contributed by atoms with Crippen molar-refractivity contribution in [3.63, 3.8) is 0 Å². The van der Waals surface area contributed by atoms with Crippen molar-refractivity contribution in [1.29, 1.82) is 0 Å². The van der Waals surface area contributed by atoms with Crippen LogP contribution in [0.5, 0.6) is 0 Å². The second-order valence-electron chi connectivity index (χ2n) is 31.7. The standard InChI is InChI=1S/C15H37N7O.C13H32N6O.C11H27N5O.C9H22N4O.C9H19N3O.C9H18N2O2.C9H12N2O.C8H13N3O.C7H17N3O.C5H12N2O/c1-2-15(23)22-14-13-21-12-11-20-10-9-19-8-7-18-6-5-17-4-3-16;1-2-13(20)19-12-11-18-10-9-17-8-7-16-6-5-15-4-3-14;1-2-11(17)16-10-9-15-8-7-14-6-5-13-4-3-12;1-2-9(14)13-8-7-12-6-5-11-4-3-10;1-2-9(13)11-5-8-12-6-3-10-4-7-12;1-2-9(12)10-3-4-11-5-7-13-8-6-11;1-2-9(12)11-7-8-3-5-10-6-4-8;1-2-8(12)10-4-3-7-5-9-6-11-7;1-2-7(11)10-6-5-9-4-3-8;1-2-5(8)7-4-3-6/h17-21H,2-14,16H2,1H3,(H,22,23);15-18H,2-12,14H2,1H3,(H,19,20);13-15H,2-10,12H2,1H3,(H,16,17);11-12H,2-8,10H2,1H3,(H,13,14);10H,2-8H2,1H3,(H,11,13);2-8H2,1H3,(H,10,12);3-6H,2,7H2,1H3,(H,11,12);5-6H,2-4H2,1H3,(H,9,11)(H,10,12);9H,2-6,8H2,1H3,(H,10,11);2-4,6H2,1H3,(H,7,8). The van der Waals surface area contributed by atoms with Gasteiger partial charge in [-0.3, -0.25) is 62.7 Å². The number of hydrogen-bond acceptors (Lipinski definition) is 37. The molecule has 2 saturated heterocycles. The molecule has 0 spiro atoms. The Hall–Kier alpha value is -7.94. The highest BCUT2D eigenvalue weighted by atomic mass is 16.5. The number of ether oxygens (including phenoxy) is 1. The van der Waals surface area contributed by atoms with E-state index in [0.717, 1.165) is 293 Å². The lowest BCUT2D eigenvalue weighted by Gasteiger charge is -2.27. The Balaban J connectivity index is -0.000000369. The molecule has 39 N–H and O–H groups in total. The third-order valence-electron chi connectivity index (χ3n) is 19.5. The summed E-state index contributed by atoms with van der Waals surface area (Å²) in [4.78, 5) is 124. The molecule has 4 rings (SSSR count). The molecule has 0 bridgehead atoms. The Morgan fingerprint density at radius 3 is 0.727 bits per heavy atom. The normalized spacial score (nSPS) is 11.7. The van der Waals surface area contributed by atoms with Gasteiger partial charge in [0.15, 0.2) is 0 Å². The number of aromatic nitrogens is 3. The lowest BCUT2D eigenvalue weighted by atomic mass is 10.2. The van der Waals surface area contributed by atoms with Crippen LogP contribution in [0.25, 0.3) is 0 Å². The first-order valence-corrected chi connectivity index (χ1v) is 52.7. The number of imidazole rings is 1. The number of pyridine rings is 1. The summed E-state index contributed by atoms with van der Waals surface area (Å²) >= 11 is 0. The Labute approximate surface area is 860 Å². The number of aromatic amines is 1. The zero-order valence-electron chi connectivity index (χ0n) is 90.1. The molecule has 143 heavy (non-hydrogen) atoms. The van der Waals surface area contributed by atoms with Crippen LogP contribution < -0.4 is 173 Å². The Morgan fingerprint density at radius 1 is 0.273 bits per heavy atom. The summed E-state index contributed by atoms with van der Waals surface area (Å²) in [6, 6.07) is 3.77. The predicted molar refractivity (Wildman–Crippen MR) is 582 cm³/mol. The number of hydrogen-bond donors (Lipinski definition) is 33. The van der Waals surface area contributed by atoms with Crippen LogP contribution in [0.1, 0.15) is 145 Å². The molecule has 840 valence electrons. The van der Waals surface area contributed by atoms with Gasteiger partial charge in [0.25, 0.3) is 0 Å². The monoisotopic (exact) mass is 2040 g/mol. The number of nitrogens with one attached hydrogen (secondary N) is 27. The van der Waals surface area contributed by atoms with Crippen LogP contribution in [0, 0.1) is 0 Å². The third-order valence-corrected chi connectivity index (χ3v) is 19.5. The first-order chi connectivity index (χ1) is 69.7. The van der Waals surface area contributed by atoms with Crippen LogP contribution >= 0.6 is 0 Å². The van der Waals surface area contributed by atoms with E-state index in [0.29, 0.717) is 156 Å². The highest BCUT2D eigenvalue weighted by Gasteiger charge is 2.12. The maximum absolute atomic E-state index is 11.0. The Kier molecular flexibility index (Phi) is 129. The van der Waals surface area contributed by atoms with E-state index in [1.165, 1.54) is 0 Å². The molecule has 0 saturated carbocycles. The maximum atomic E-state index is 11.0. The van der Waals surface area contributed by atoms with Crippen molar-refractivity contribution >= 4 is 59.1 Å². The Bertz CT molecular complexity index is 2990. The van der Waals surface area contributed by atoms with E-state index in [9.17, 15) is 47.9 Å². The molecule has 48 nitrogen and oxygen atoms in total. The van der Waals surface area contributed by atoms with Crippen molar-refractivity contribution in [2.75, 3.05) is 360 Å². The minimum Gasteiger partial charge on any atom is -0.379 e. The molecule has 2 fully saturated rings.